The van der Waals surface area contributed by atoms with Crippen LogP contribution in [0, 0.1) is 4.77 Å². The molecule has 1 N–H and O–H groups in total. The fourth-order valence-corrected chi connectivity index (χ4v) is 4.17. The summed E-state index contributed by atoms with van der Waals surface area (Å²) in [5.74, 6) is 1.53. The summed E-state index contributed by atoms with van der Waals surface area (Å²) in [7, 11) is 0. The summed E-state index contributed by atoms with van der Waals surface area (Å²) in [5.41, 5.74) is 1.74. The second-order valence-electron chi connectivity index (χ2n) is 5.93. The monoisotopic (exact) mass is 392 g/mol. The second-order valence-corrected chi connectivity index (χ2v) is 7.19. The van der Waals surface area contributed by atoms with E-state index in [-0.39, 0.29) is 5.56 Å². The lowest BCUT2D eigenvalue weighted by Crippen LogP contribution is -2.21. The zero-order valence-electron chi connectivity index (χ0n) is 14.3. The normalized spacial score (nSPS) is 10.8. The first-order chi connectivity index (χ1) is 13.2. The van der Waals surface area contributed by atoms with Crippen LogP contribution in [0.15, 0.2) is 77.4 Å². The molecule has 0 unspecified atom stereocenters. The van der Waals surface area contributed by atoms with Crippen LogP contribution in [0.5, 0.6) is 11.5 Å². The van der Waals surface area contributed by atoms with Gasteiger partial charge in [-0.2, -0.15) is 0 Å². The second kappa shape index (κ2) is 7.34. The van der Waals surface area contributed by atoms with Gasteiger partial charge in [0.2, 0.25) is 0 Å². The van der Waals surface area contributed by atoms with Crippen LogP contribution >= 0.6 is 23.6 Å². The first kappa shape index (κ1) is 17.5. The molecule has 2 aromatic heterocycles. The average Bonchev–Trinajstić information content (AvgIpc) is 3.10. The van der Waals surface area contributed by atoms with Crippen LogP contribution in [-0.4, -0.2) is 9.55 Å². The molecule has 0 spiro atoms. The summed E-state index contributed by atoms with van der Waals surface area (Å²) in [4.78, 5) is 16.8. The van der Waals surface area contributed by atoms with Gasteiger partial charge in [0.25, 0.3) is 5.56 Å². The first-order valence-corrected chi connectivity index (χ1v) is 9.64. The quantitative estimate of drug-likeness (QED) is 0.347. The molecule has 4 aromatic rings. The molecule has 4 nitrogen and oxygen atoms in total. The molecule has 2 heterocycles. The molecule has 134 valence electrons. The number of hydrogen-bond donors (Lipinski definition) is 1. The van der Waals surface area contributed by atoms with Gasteiger partial charge in [-0.1, -0.05) is 36.4 Å². The minimum atomic E-state index is -0.102. The van der Waals surface area contributed by atoms with Crippen LogP contribution in [0.4, 0.5) is 0 Å². The molecule has 0 atom stereocenters. The van der Waals surface area contributed by atoms with Gasteiger partial charge in [-0.15, -0.1) is 17.9 Å². The summed E-state index contributed by atoms with van der Waals surface area (Å²) in [6.07, 6.45) is 1.67. The third-order valence-electron chi connectivity index (χ3n) is 4.17. The number of ether oxygens (including phenoxy) is 1. The number of para-hydroxylation sites is 1. The highest BCUT2D eigenvalue weighted by Gasteiger charge is 2.13. The van der Waals surface area contributed by atoms with Crippen molar-refractivity contribution in [3.63, 3.8) is 0 Å². The average molecular weight is 393 g/mol. The van der Waals surface area contributed by atoms with Gasteiger partial charge in [-0.3, -0.25) is 9.36 Å². The first-order valence-electron chi connectivity index (χ1n) is 8.36. The highest BCUT2D eigenvalue weighted by molar-refractivity contribution is 7.71. The van der Waals surface area contributed by atoms with Gasteiger partial charge < -0.3 is 9.72 Å². The number of fused-ring (bicyclic) bond motifs is 1. The van der Waals surface area contributed by atoms with Crippen LogP contribution in [0.1, 0.15) is 0 Å². The molecular weight excluding hydrogens is 376 g/mol. The lowest BCUT2D eigenvalue weighted by atomic mass is 10.1. The van der Waals surface area contributed by atoms with E-state index >= 15 is 0 Å². The van der Waals surface area contributed by atoms with E-state index in [0.29, 0.717) is 16.7 Å². The summed E-state index contributed by atoms with van der Waals surface area (Å²) < 4.78 is 7.77. The largest absolute Gasteiger partial charge is 0.457 e. The molecule has 0 bridgehead atoms. The molecule has 0 aliphatic rings. The van der Waals surface area contributed by atoms with E-state index < -0.39 is 0 Å². The Hall–Kier alpha value is -2.96. The number of H-pyrrole nitrogens is 1. The van der Waals surface area contributed by atoms with Gasteiger partial charge >= 0.3 is 0 Å². The Balaban J connectivity index is 1.74. The molecule has 0 amide bonds. The van der Waals surface area contributed by atoms with Crippen molar-refractivity contribution in [1.82, 2.24) is 9.55 Å². The Morgan fingerprint density at radius 1 is 1.11 bits per heavy atom. The van der Waals surface area contributed by atoms with E-state index in [2.05, 4.69) is 11.6 Å². The van der Waals surface area contributed by atoms with Gasteiger partial charge in [-0.05, 0) is 42.0 Å². The van der Waals surface area contributed by atoms with Crippen molar-refractivity contribution in [2.75, 3.05) is 0 Å². The van der Waals surface area contributed by atoms with Crippen LogP contribution in [0.2, 0.25) is 0 Å². The number of nitrogens with one attached hydrogen (secondary N) is 1. The Bertz CT molecular complexity index is 1220. The fourth-order valence-electron chi connectivity index (χ4n) is 2.89. The minimum absolute atomic E-state index is 0.102. The van der Waals surface area contributed by atoms with Gasteiger partial charge in [0, 0.05) is 17.5 Å². The van der Waals surface area contributed by atoms with E-state index in [4.69, 9.17) is 17.0 Å². The Morgan fingerprint density at radius 3 is 2.52 bits per heavy atom. The van der Waals surface area contributed by atoms with Crippen molar-refractivity contribution in [3.8, 4) is 22.6 Å². The van der Waals surface area contributed by atoms with Crippen molar-refractivity contribution in [2.45, 2.75) is 6.54 Å². The molecule has 0 aliphatic carbocycles. The summed E-state index contributed by atoms with van der Waals surface area (Å²) >= 11 is 6.77. The standard InChI is InChI=1S/C21H16N2O2S2/c1-2-12-23-20(24)18-17(13-27-19(18)22-21(23)26)14-8-10-16(11-9-14)25-15-6-4-3-5-7-15/h2-11,13H,1,12H2,(H,22,26). The number of aromatic nitrogens is 2. The van der Waals surface area contributed by atoms with Gasteiger partial charge in [-0.25, -0.2) is 0 Å². The van der Waals surface area contributed by atoms with Crippen LogP contribution < -0.4 is 10.3 Å². The van der Waals surface area contributed by atoms with Crippen molar-refractivity contribution >= 4 is 33.8 Å². The number of aromatic amines is 1. The molecular formula is C21H16N2O2S2. The van der Waals surface area contributed by atoms with Crippen LogP contribution in [-0.2, 0) is 6.54 Å². The third-order valence-corrected chi connectivity index (χ3v) is 5.39. The van der Waals surface area contributed by atoms with Crippen molar-refractivity contribution in [1.29, 1.82) is 0 Å². The predicted molar refractivity (Wildman–Crippen MR) is 113 cm³/mol. The maximum absolute atomic E-state index is 12.9. The Labute approximate surface area is 165 Å². The van der Waals surface area contributed by atoms with E-state index in [1.165, 1.54) is 15.9 Å². The molecule has 6 heteroatoms. The minimum Gasteiger partial charge on any atom is -0.457 e. The summed E-state index contributed by atoms with van der Waals surface area (Å²) in [6, 6.07) is 17.3. The van der Waals surface area contributed by atoms with Crippen molar-refractivity contribution in [2.24, 2.45) is 0 Å². The van der Waals surface area contributed by atoms with E-state index in [9.17, 15) is 4.79 Å². The van der Waals surface area contributed by atoms with Crippen molar-refractivity contribution < 1.29 is 4.74 Å². The zero-order valence-corrected chi connectivity index (χ0v) is 16.0. The number of thiophene rings is 1. The van der Waals surface area contributed by atoms with Crippen LogP contribution in [0.25, 0.3) is 21.3 Å². The van der Waals surface area contributed by atoms with E-state index in [1.807, 2.05) is 60.0 Å². The molecule has 2 aromatic carbocycles. The zero-order chi connectivity index (χ0) is 18.8. The fraction of sp³-hybridized carbons (Fsp3) is 0.0476. The van der Waals surface area contributed by atoms with Gasteiger partial charge in [0.05, 0.1) is 5.39 Å². The predicted octanol–water partition coefficient (Wildman–Crippen LogP) is 5.77. The maximum Gasteiger partial charge on any atom is 0.263 e. The molecule has 27 heavy (non-hydrogen) atoms. The lowest BCUT2D eigenvalue weighted by Gasteiger charge is -2.07. The topological polar surface area (TPSA) is 47.0 Å². The molecule has 0 saturated heterocycles. The van der Waals surface area contributed by atoms with Crippen molar-refractivity contribution in [3.05, 3.63) is 87.8 Å². The number of benzene rings is 2. The number of hydrogen-bond acceptors (Lipinski definition) is 4. The smallest absolute Gasteiger partial charge is 0.263 e. The third kappa shape index (κ3) is 3.37. The summed E-state index contributed by atoms with van der Waals surface area (Å²) in [5, 5.41) is 2.62. The SMILES string of the molecule is C=CCn1c(=S)[nH]c2scc(-c3ccc(Oc4ccccc4)cc3)c2c1=O. The maximum atomic E-state index is 12.9. The lowest BCUT2D eigenvalue weighted by molar-refractivity contribution is 0.483. The van der Waals surface area contributed by atoms with Gasteiger partial charge in [0.15, 0.2) is 4.77 Å². The van der Waals surface area contributed by atoms with Gasteiger partial charge in [0.1, 0.15) is 16.3 Å². The van der Waals surface area contributed by atoms with E-state index in [0.717, 1.165) is 27.5 Å². The molecule has 0 aliphatic heterocycles. The highest BCUT2D eigenvalue weighted by Crippen LogP contribution is 2.32. The number of rotatable bonds is 5. The van der Waals surface area contributed by atoms with Crippen LogP contribution in [0.3, 0.4) is 0 Å². The van der Waals surface area contributed by atoms with E-state index in [1.54, 1.807) is 6.08 Å². The number of allylic oxidation sites excluding steroid dienone is 1. The molecule has 0 radical (unpaired) electrons. The Kier molecular flexibility index (Phi) is 4.75. The Morgan fingerprint density at radius 2 is 1.81 bits per heavy atom. The molecule has 0 fully saturated rings. The summed E-state index contributed by atoms with van der Waals surface area (Å²) in [6.45, 7) is 4.08. The molecule has 4 rings (SSSR count). The highest BCUT2D eigenvalue weighted by atomic mass is 32.1. The molecule has 0 saturated carbocycles. The number of nitrogens with zero attached hydrogens (tertiary/aromatic N) is 1.